The number of nitrogens with one attached hydrogen (secondary N) is 1. The van der Waals surface area contributed by atoms with E-state index in [2.05, 4.69) is 35.9 Å². The molecule has 138 valence electrons. The summed E-state index contributed by atoms with van der Waals surface area (Å²) in [5.74, 6) is 0.473. The highest BCUT2D eigenvalue weighted by atomic mass is 16.2. The first-order valence-corrected chi connectivity index (χ1v) is 9.37. The Bertz CT molecular complexity index is 831. The van der Waals surface area contributed by atoms with Crippen molar-refractivity contribution in [2.24, 2.45) is 16.4 Å². The third-order valence-electron chi connectivity index (χ3n) is 5.17. The first-order valence-electron chi connectivity index (χ1n) is 9.37. The van der Waals surface area contributed by atoms with Gasteiger partial charge in [0.2, 0.25) is 0 Å². The summed E-state index contributed by atoms with van der Waals surface area (Å²) in [4.78, 5) is 12.7. The largest absolute Gasteiger partial charge is 0.318 e. The predicted octanol–water partition coefficient (Wildman–Crippen LogP) is 5.03. The fourth-order valence-corrected chi connectivity index (χ4v) is 4.36. The van der Waals surface area contributed by atoms with E-state index in [9.17, 15) is 4.79 Å². The lowest BCUT2D eigenvalue weighted by molar-refractivity contribution is 0.0953. The van der Waals surface area contributed by atoms with Crippen molar-refractivity contribution in [2.45, 2.75) is 53.9 Å². The van der Waals surface area contributed by atoms with Crippen molar-refractivity contribution < 1.29 is 4.79 Å². The zero-order chi connectivity index (χ0) is 18.9. The van der Waals surface area contributed by atoms with Crippen LogP contribution in [0.2, 0.25) is 0 Å². The van der Waals surface area contributed by atoms with Crippen LogP contribution in [0.3, 0.4) is 0 Å². The van der Waals surface area contributed by atoms with E-state index in [1.165, 1.54) is 6.42 Å². The zero-order valence-corrected chi connectivity index (χ0v) is 16.5. The summed E-state index contributed by atoms with van der Waals surface area (Å²) in [7, 11) is 0. The molecule has 1 saturated carbocycles. The van der Waals surface area contributed by atoms with Crippen LogP contribution in [0.1, 0.15) is 61.8 Å². The van der Waals surface area contributed by atoms with Gasteiger partial charge in [-0.3, -0.25) is 4.79 Å². The van der Waals surface area contributed by atoms with Gasteiger partial charge in [-0.15, -0.1) is 0 Å². The lowest BCUT2D eigenvalue weighted by Gasteiger charge is -2.34. The summed E-state index contributed by atoms with van der Waals surface area (Å²) in [5.41, 5.74) is 7.87. The molecule has 0 saturated heterocycles. The number of hydrazone groups is 1. The predicted molar refractivity (Wildman–Crippen MR) is 107 cm³/mol. The van der Waals surface area contributed by atoms with Crippen LogP contribution < -0.4 is 5.43 Å². The molecule has 0 bridgehead atoms. The smallest absolute Gasteiger partial charge is 0.273 e. The van der Waals surface area contributed by atoms with Crippen molar-refractivity contribution in [3.63, 3.8) is 0 Å². The number of aromatic nitrogens is 1. The molecule has 26 heavy (non-hydrogen) atoms. The molecule has 1 unspecified atom stereocenters. The summed E-state index contributed by atoms with van der Waals surface area (Å²) < 4.78 is 2.11. The number of para-hydroxylation sites is 1. The van der Waals surface area contributed by atoms with Gasteiger partial charge in [0.1, 0.15) is 0 Å². The number of nitrogens with zero attached hydrogens (tertiary/aromatic N) is 2. The van der Waals surface area contributed by atoms with E-state index in [-0.39, 0.29) is 11.3 Å². The third kappa shape index (κ3) is 3.90. The maximum Gasteiger partial charge on any atom is 0.273 e. The van der Waals surface area contributed by atoms with Crippen molar-refractivity contribution in [1.82, 2.24) is 9.99 Å². The lowest BCUT2D eigenvalue weighted by atomic mass is 9.72. The molecule has 1 aromatic carbocycles. The molecule has 1 aromatic heterocycles. The Morgan fingerprint density at radius 2 is 1.92 bits per heavy atom. The van der Waals surface area contributed by atoms with Gasteiger partial charge in [-0.1, -0.05) is 39.0 Å². The van der Waals surface area contributed by atoms with Crippen LogP contribution in [0, 0.1) is 25.2 Å². The molecule has 0 radical (unpaired) electrons. The number of carbonyl (C=O) groups is 1. The van der Waals surface area contributed by atoms with Gasteiger partial charge < -0.3 is 4.57 Å². The monoisotopic (exact) mass is 351 g/mol. The Kier molecular flexibility index (Phi) is 5.03. The average Bonchev–Trinajstić information content (AvgIpc) is 2.86. The van der Waals surface area contributed by atoms with Gasteiger partial charge in [0.25, 0.3) is 5.91 Å². The minimum atomic E-state index is -0.135. The summed E-state index contributed by atoms with van der Waals surface area (Å²) in [6.07, 6.45) is 3.12. The number of aryl methyl sites for hydroxylation is 1. The van der Waals surface area contributed by atoms with Crippen LogP contribution in [0.25, 0.3) is 5.69 Å². The van der Waals surface area contributed by atoms with E-state index in [4.69, 9.17) is 0 Å². The van der Waals surface area contributed by atoms with Crippen molar-refractivity contribution in [3.05, 3.63) is 53.3 Å². The standard InChI is InChI=1S/C22H29N3O/c1-15-11-18(14-22(4,5)13-15)23-24-21(26)20-12-16(2)25(17(20)3)19-9-7-6-8-10-19/h6-10,12,15H,11,13-14H2,1-5H3,(H,24,26)/b23-18-. The van der Waals surface area contributed by atoms with Crippen molar-refractivity contribution >= 4 is 11.6 Å². The molecule has 2 aromatic rings. The highest BCUT2D eigenvalue weighted by Gasteiger charge is 2.29. The molecular weight excluding hydrogens is 322 g/mol. The Morgan fingerprint density at radius 1 is 1.23 bits per heavy atom. The molecule has 4 heteroatoms. The number of hydrogen-bond donors (Lipinski definition) is 1. The number of carbonyl (C=O) groups excluding carboxylic acids is 1. The molecule has 1 aliphatic carbocycles. The van der Waals surface area contributed by atoms with Gasteiger partial charge in [0.15, 0.2) is 0 Å². The van der Waals surface area contributed by atoms with Crippen LogP contribution >= 0.6 is 0 Å². The molecular formula is C22H29N3O. The Hall–Kier alpha value is -2.36. The molecule has 1 amide bonds. The van der Waals surface area contributed by atoms with E-state index in [0.29, 0.717) is 11.5 Å². The first kappa shape index (κ1) is 18.4. The van der Waals surface area contributed by atoms with E-state index >= 15 is 0 Å². The molecule has 4 nitrogen and oxygen atoms in total. The minimum Gasteiger partial charge on any atom is -0.318 e. The second-order valence-electron chi connectivity index (χ2n) is 8.43. The van der Waals surface area contributed by atoms with Gasteiger partial charge in [-0.05, 0) is 62.6 Å². The van der Waals surface area contributed by atoms with Gasteiger partial charge >= 0.3 is 0 Å². The fourth-order valence-electron chi connectivity index (χ4n) is 4.36. The Balaban J connectivity index is 1.80. The molecule has 1 N–H and O–H groups in total. The van der Waals surface area contributed by atoms with Crippen molar-refractivity contribution in [2.75, 3.05) is 0 Å². The second-order valence-corrected chi connectivity index (χ2v) is 8.43. The molecule has 1 heterocycles. The summed E-state index contributed by atoms with van der Waals surface area (Å²) in [6, 6.07) is 12.0. The normalized spacial score (nSPS) is 21.0. The SMILES string of the molecule is Cc1cc(C(=O)N/N=C2/CC(C)CC(C)(C)C2)c(C)n1-c1ccccc1. The quantitative estimate of drug-likeness (QED) is 0.775. The highest BCUT2D eigenvalue weighted by Crippen LogP contribution is 2.36. The summed E-state index contributed by atoms with van der Waals surface area (Å²) in [5, 5.41) is 4.47. The number of rotatable bonds is 3. The average molecular weight is 351 g/mol. The van der Waals surface area contributed by atoms with Crippen molar-refractivity contribution in [1.29, 1.82) is 0 Å². The number of benzene rings is 1. The first-order chi connectivity index (χ1) is 12.3. The molecule has 0 spiro atoms. The molecule has 1 fully saturated rings. The lowest BCUT2D eigenvalue weighted by Crippen LogP contribution is -2.30. The van der Waals surface area contributed by atoms with Gasteiger partial charge in [-0.25, -0.2) is 5.43 Å². The van der Waals surface area contributed by atoms with Crippen LogP contribution in [0.15, 0.2) is 41.5 Å². The van der Waals surface area contributed by atoms with Crippen LogP contribution in [-0.4, -0.2) is 16.2 Å². The second kappa shape index (κ2) is 7.10. The van der Waals surface area contributed by atoms with Gasteiger partial charge in [-0.2, -0.15) is 5.10 Å². The molecule has 3 rings (SSSR count). The third-order valence-corrected chi connectivity index (χ3v) is 5.17. The zero-order valence-electron chi connectivity index (χ0n) is 16.5. The molecule has 1 atom stereocenters. The van der Waals surface area contributed by atoms with Crippen LogP contribution in [-0.2, 0) is 0 Å². The van der Waals surface area contributed by atoms with Gasteiger partial charge in [0.05, 0.1) is 5.56 Å². The van der Waals surface area contributed by atoms with Crippen LogP contribution in [0.5, 0.6) is 0 Å². The van der Waals surface area contributed by atoms with E-state index in [1.807, 2.05) is 50.2 Å². The topological polar surface area (TPSA) is 46.4 Å². The summed E-state index contributed by atoms with van der Waals surface area (Å²) in [6.45, 7) is 10.8. The van der Waals surface area contributed by atoms with Crippen molar-refractivity contribution in [3.8, 4) is 5.69 Å². The number of amides is 1. The Labute approximate surface area is 156 Å². The Morgan fingerprint density at radius 3 is 2.58 bits per heavy atom. The van der Waals surface area contributed by atoms with Crippen LogP contribution in [0.4, 0.5) is 0 Å². The van der Waals surface area contributed by atoms with E-state index < -0.39 is 0 Å². The maximum atomic E-state index is 12.7. The van der Waals surface area contributed by atoms with E-state index in [0.717, 1.165) is 35.6 Å². The summed E-state index contributed by atoms with van der Waals surface area (Å²) >= 11 is 0. The number of hydrogen-bond acceptors (Lipinski definition) is 2. The van der Waals surface area contributed by atoms with E-state index in [1.54, 1.807) is 0 Å². The minimum absolute atomic E-state index is 0.135. The molecule has 1 aliphatic rings. The molecule has 0 aliphatic heterocycles. The highest BCUT2D eigenvalue weighted by molar-refractivity contribution is 5.97. The fraction of sp³-hybridized carbons (Fsp3) is 0.455. The maximum absolute atomic E-state index is 12.7. The van der Waals surface area contributed by atoms with Gasteiger partial charge in [0, 0.05) is 22.8 Å².